The van der Waals surface area contributed by atoms with Crippen molar-refractivity contribution in [1.29, 1.82) is 0 Å². The van der Waals surface area contributed by atoms with E-state index in [1.807, 2.05) is 54.8 Å². The fourth-order valence-electron chi connectivity index (χ4n) is 3.90. The summed E-state index contributed by atoms with van der Waals surface area (Å²) in [5.74, 6) is -0.217. The minimum Gasteiger partial charge on any atom is -0.344 e. The second-order valence-corrected chi connectivity index (χ2v) is 10.8. The highest BCUT2D eigenvalue weighted by atomic mass is 32.2. The average Bonchev–Trinajstić information content (AvgIpc) is 3.33. The van der Waals surface area contributed by atoms with E-state index in [1.165, 1.54) is 4.31 Å². The monoisotopic (exact) mass is 454 g/mol. The van der Waals surface area contributed by atoms with E-state index < -0.39 is 10.0 Å². The second-order valence-electron chi connectivity index (χ2n) is 7.86. The van der Waals surface area contributed by atoms with Crippen molar-refractivity contribution in [2.45, 2.75) is 30.7 Å². The third kappa shape index (κ3) is 4.89. The fraction of sp³-hybridized carbons (Fsp3) is 0.292. The molecule has 0 aliphatic carbocycles. The third-order valence-electron chi connectivity index (χ3n) is 5.73. The zero-order valence-corrected chi connectivity index (χ0v) is 19.0. The topological polar surface area (TPSA) is 66.5 Å². The van der Waals surface area contributed by atoms with Gasteiger partial charge in [-0.15, -0.1) is 11.3 Å². The summed E-state index contributed by atoms with van der Waals surface area (Å²) >= 11 is 1.61. The normalized spacial score (nSPS) is 16.7. The molecule has 0 unspecified atom stereocenters. The van der Waals surface area contributed by atoms with Crippen LogP contribution >= 0.6 is 11.3 Å². The van der Waals surface area contributed by atoms with E-state index in [9.17, 15) is 13.2 Å². The molecule has 1 aliphatic heterocycles. The maximum Gasteiger partial charge on any atom is 0.243 e. The Kier molecular flexibility index (Phi) is 6.55. The molecule has 3 aromatic rings. The third-order valence-corrected chi connectivity index (χ3v) is 8.58. The van der Waals surface area contributed by atoms with E-state index in [1.54, 1.807) is 35.6 Å². The van der Waals surface area contributed by atoms with Gasteiger partial charge in [0.25, 0.3) is 0 Å². The summed E-state index contributed by atoms with van der Waals surface area (Å²) in [4.78, 5) is 14.5. The first-order valence-electron chi connectivity index (χ1n) is 10.4. The maximum absolute atomic E-state index is 13.1. The number of nitrogens with zero attached hydrogens (tertiary/aromatic N) is 1. The number of amides is 1. The van der Waals surface area contributed by atoms with Gasteiger partial charge in [-0.1, -0.05) is 54.1 Å². The van der Waals surface area contributed by atoms with Gasteiger partial charge in [0.05, 0.1) is 10.9 Å². The summed E-state index contributed by atoms with van der Waals surface area (Å²) in [7, 11) is -3.53. The van der Waals surface area contributed by atoms with Gasteiger partial charge in [-0.2, -0.15) is 4.31 Å². The molecule has 0 spiro atoms. The lowest BCUT2D eigenvalue weighted by atomic mass is 9.96. The minimum absolute atomic E-state index is 0.0189. The molecule has 1 amide bonds. The number of rotatable bonds is 6. The van der Waals surface area contributed by atoms with Crippen molar-refractivity contribution >= 4 is 27.3 Å². The Morgan fingerprint density at radius 3 is 2.29 bits per heavy atom. The van der Waals surface area contributed by atoms with E-state index >= 15 is 0 Å². The lowest BCUT2D eigenvalue weighted by Crippen LogP contribution is -2.43. The number of benzene rings is 2. The van der Waals surface area contributed by atoms with Crippen molar-refractivity contribution in [3.63, 3.8) is 0 Å². The van der Waals surface area contributed by atoms with Crippen molar-refractivity contribution in [3.8, 4) is 0 Å². The number of hydrogen-bond acceptors (Lipinski definition) is 4. The van der Waals surface area contributed by atoms with Crippen molar-refractivity contribution in [2.24, 2.45) is 5.92 Å². The van der Waals surface area contributed by atoms with E-state index in [0.29, 0.717) is 30.8 Å². The number of carbonyl (C=O) groups is 1. The number of hydrogen-bond donors (Lipinski definition) is 1. The number of piperidine rings is 1. The van der Waals surface area contributed by atoms with Crippen LogP contribution in [0.4, 0.5) is 0 Å². The highest BCUT2D eigenvalue weighted by molar-refractivity contribution is 7.89. The Labute approximate surface area is 187 Å². The van der Waals surface area contributed by atoms with Crippen LogP contribution in [0.3, 0.4) is 0 Å². The predicted molar refractivity (Wildman–Crippen MR) is 123 cm³/mol. The summed E-state index contributed by atoms with van der Waals surface area (Å²) in [6.07, 6.45) is 1.03. The molecule has 1 fully saturated rings. The highest BCUT2D eigenvalue weighted by Gasteiger charge is 2.33. The molecule has 162 valence electrons. The second kappa shape index (κ2) is 9.34. The molecule has 1 saturated heterocycles. The molecule has 0 saturated carbocycles. The van der Waals surface area contributed by atoms with Crippen LogP contribution in [-0.2, 0) is 14.8 Å². The van der Waals surface area contributed by atoms with E-state index in [4.69, 9.17) is 0 Å². The summed E-state index contributed by atoms with van der Waals surface area (Å²) in [5, 5.41) is 5.21. The SMILES string of the molecule is Cc1ccc(S(=O)(=O)N2CCC(C(=O)N[C@@H](c3ccccc3)c3cccs3)CC2)cc1. The Balaban J connectivity index is 1.42. The molecule has 2 aromatic carbocycles. The molecular weight excluding hydrogens is 428 g/mol. The van der Waals surface area contributed by atoms with Crippen LogP contribution in [0.2, 0.25) is 0 Å². The largest absolute Gasteiger partial charge is 0.344 e. The lowest BCUT2D eigenvalue weighted by Gasteiger charge is -2.31. The van der Waals surface area contributed by atoms with Gasteiger partial charge in [-0.25, -0.2) is 8.42 Å². The van der Waals surface area contributed by atoms with Gasteiger partial charge < -0.3 is 5.32 Å². The number of thiophene rings is 1. The number of sulfonamides is 1. The molecule has 1 atom stereocenters. The minimum atomic E-state index is -3.53. The molecule has 0 bridgehead atoms. The Morgan fingerprint density at radius 1 is 1.00 bits per heavy atom. The van der Waals surface area contributed by atoms with E-state index in [0.717, 1.165) is 16.0 Å². The zero-order valence-electron chi connectivity index (χ0n) is 17.4. The Hall–Kier alpha value is -2.48. The number of carbonyl (C=O) groups excluding carboxylic acids is 1. The van der Waals surface area contributed by atoms with Crippen LogP contribution in [0.25, 0.3) is 0 Å². The average molecular weight is 455 g/mol. The maximum atomic E-state index is 13.1. The molecule has 1 N–H and O–H groups in total. The van der Waals surface area contributed by atoms with Gasteiger partial charge in [0.1, 0.15) is 0 Å². The molecule has 5 nitrogen and oxygen atoms in total. The van der Waals surface area contributed by atoms with Crippen LogP contribution in [0.5, 0.6) is 0 Å². The fourth-order valence-corrected chi connectivity index (χ4v) is 6.17. The first kappa shape index (κ1) is 21.7. The van der Waals surface area contributed by atoms with Crippen LogP contribution in [0.15, 0.2) is 77.0 Å². The number of aryl methyl sites for hydroxylation is 1. The molecule has 0 radical (unpaired) electrons. The summed E-state index contributed by atoms with van der Waals surface area (Å²) in [6.45, 7) is 2.63. The first-order chi connectivity index (χ1) is 14.9. The quantitative estimate of drug-likeness (QED) is 0.602. The predicted octanol–water partition coefficient (Wildman–Crippen LogP) is 4.36. The van der Waals surface area contributed by atoms with Gasteiger partial charge in [0, 0.05) is 23.9 Å². The first-order valence-corrected chi connectivity index (χ1v) is 12.7. The molecular formula is C24H26N2O3S2. The van der Waals surface area contributed by atoms with Crippen LogP contribution in [0, 0.1) is 12.8 Å². The van der Waals surface area contributed by atoms with Crippen molar-refractivity contribution in [1.82, 2.24) is 9.62 Å². The van der Waals surface area contributed by atoms with Gasteiger partial charge in [0.2, 0.25) is 15.9 Å². The molecule has 7 heteroatoms. The standard InChI is InChI=1S/C24H26N2O3S2/c1-18-9-11-21(12-10-18)31(28,29)26-15-13-20(14-16-26)24(27)25-23(22-8-5-17-30-22)19-6-3-2-4-7-19/h2-12,17,20,23H,13-16H2,1H3,(H,25,27)/t23-/m0/s1. The van der Waals surface area contributed by atoms with Gasteiger partial charge in [-0.05, 0) is 48.9 Å². The Morgan fingerprint density at radius 2 is 1.68 bits per heavy atom. The van der Waals surface area contributed by atoms with Crippen molar-refractivity contribution in [3.05, 3.63) is 88.1 Å². The lowest BCUT2D eigenvalue weighted by molar-refractivity contribution is -0.126. The molecule has 2 heterocycles. The van der Waals surface area contributed by atoms with Gasteiger partial charge in [0.15, 0.2) is 0 Å². The van der Waals surface area contributed by atoms with Crippen LogP contribution in [-0.4, -0.2) is 31.7 Å². The zero-order chi connectivity index (χ0) is 21.8. The van der Waals surface area contributed by atoms with Crippen LogP contribution < -0.4 is 5.32 Å². The highest BCUT2D eigenvalue weighted by Crippen LogP contribution is 2.28. The Bertz CT molecular complexity index is 1100. The van der Waals surface area contributed by atoms with Crippen molar-refractivity contribution in [2.75, 3.05) is 13.1 Å². The molecule has 1 aromatic heterocycles. The van der Waals surface area contributed by atoms with Crippen molar-refractivity contribution < 1.29 is 13.2 Å². The number of nitrogens with one attached hydrogen (secondary N) is 1. The smallest absolute Gasteiger partial charge is 0.243 e. The summed E-state index contributed by atoms with van der Waals surface area (Å²) in [5.41, 5.74) is 2.06. The van der Waals surface area contributed by atoms with Gasteiger partial charge in [-0.3, -0.25) is 4.79 Å². The summed E-state index contributed by atoms with van der Waals surface area (Å²) in [6, 6.07) is 20.7. The van der Waals surface area contributed by atoms with E-state index in [2.05, 4.69) is 5.32 Å². The molecule has 1 aliphatic rings. The van der Waals surface area contributed by atoms with Crippen LogP contribution in [0.1, 0.15) is 34.9 Å². The van der Waals surface area contributed by atoms with E-state index in [-0.39, 0.29) is 17.9 Å². The summed E-state index contributed by atoms with van der Waals surface area (Å²) < 4.78 is 27.3. The molecule has 4 rings (SSSR count). The van der Waals surface area contributed by atoms with Gasteiger partial charge >= 0.3 is 0 Å². The molecule has 31 heavy (non-hydrogen) atoms.